The molecule has 26 heavy (non-hydrogen) atoms. The molecule has 138 valence electrons. The molecule has 0 heterocycles. The fourth-order valence-electron chi connectivity index (χ4n) is 2.13. The predicted molar refractivity (Wildman–Crippen MR) is 110 cm³/mol. The Morgan fingerprint density at radius 1 is 1.27 bits per heavy atom. The van der Waals surface area contributed by atoms with E-state index in [1.165, 1.54) is 6.21 Å². The molecule has 0 aromatic heterocycles. The summed E-state index contributed by atoms with van der Waals surface area (Å²) >= 11 is 2.17. The number of carbonyl (C=O) groups is 1. The maximum Gasteiger partial charge on any atom is 0.265 e. The largest absolute Gasteiger partial charge is 0.493 e. The molecule has 0 radical (unpaired) electrons. The van der Waals surface area contributed by atoms with Gasteiger partial charge in [-0.3, -0.25) is 4.79 Å². The van der Waals surface area contributed by atoms with Crippen LogP contribution in [0.15, 0.2) is 41.6 Å². The first kappa shape index (κ1) is 20.0. The number of anilines is 1. The number of hydrogen-bond acceptors (Lipinski definition) is 5. The van der Waals surface area contributed by atoms with Gasteiger partial charge in [0, 0.05) is 11.3 Å². The highest BCUT2D eigenvalue weighted by atomic mass is 127. The number of aryl methyl sites for hydroxylation is 1. The van der Waals surface area contributed by atoms with E-state index < -0.39 is 0 Å². The first-order valence-corrected chi connectivity index (χ1v) is 9.13. The summed E-state index contributed by atoms with van der Waals surface area (Å²) in [5.74, 6) is 1.05. The molecule has 2 rings (SSSR count). The number of hydrogen-bond donors (Lipinski definition) is 1. The first-order valence-electron chi connectivity index (χ1n) is 8.05. The lowest BCUT2D eigenvalue weighted by atomic mass is 10.2. The fraction of sp³-hybridized carbons (Fsp3) is 0.263. The lowest BCUT2D eigenvalue weighted by Gasteiger charge is -2.11. The number of oxime groups is 1. The average molecular weight is 468 g/mol. The number of methoxy groups -OCH3 is 1. The van der Waals surface area contributed by atoms with E-state index in [4.69, 9.17) is 14.3 Å². The van der Waals surface area contributed by atoms with E-state index in [2.05, 4.69) is 33.1 Å². The summed E-state index contributed by atoms with van der Waals surface area (Å²) in [7, 11) is 1.58. The van der Waals surface area contributed by atoms with Crippen LogP contribution >= 0.6 is 22.6 Å². The number of nitrogens with zero attached hydrogens (tertiary/aromatic N) is 1. The smallest absolute Gasteiger partial charge is 0.265 e. The Labute approximate surface area is 166 Å². The van der Waals surface area contributed by atoms with Crippen molar-refractivity contribution in [1.82, 2.24) is 0 Å². The Balaban J connectivity index is 1.90. The topological polar surface area (TPSA) is 69.2 Å². The number of halogens is 1. The van der Waals surface area contributed by atoms with Gasteiger partial charge in [-0.2, -0.15) is 0 Å². The number of carbonyl (C=O) groups excluding carboxylic acids is 1. The minimum absolute atomic E-state index is 0.171. The fourth-order valence-corrected chi connectivity index (χ4v) is 2.91. The molecular weight excluding hydrogens is 447 g/mol. The van der Waals surface area contributed by atoms with Crippen LogP contribution < -0.4 is 14.8 Å². The summed E-state index contributed by atoms with van der Waals surface area (Å²) in [4.78, 5) is 16.9. The zero-order chi connectivity index (χ0) is 18.9. The Hall–Kier alpha value is -2.29. The Bertz CT molecular complexity index is 776. The molecule has 0 spiro atoms. The molecule has 6 nitrogen and oxygen atoms in total. The molecule has 0 aliphatic carbocycles. The van der Waals surface area contributed by atoms with Crippen LogP contribution in [0.4, 0.5) is 5.69 Å². The van der Waals surface area contributed by atoms with Crippen molar-refractivity contribution in [2.24, 2.45) is 5.16 Å². The summed E-state index contributed by atoms with van der Waals surface area (Å²) in [6, 6.07) is 11.2. The number of benzene rings is 2. The second-order valence-corrected chi connectivity index (χ2v) is 6.55. The third-order valence-corrected chi connectivity index (χ3v) is 4.15. The maximum absolute atomic E-state index is 11.8. The number of ether oxygens (including phenoxy) is 2. The van der Waals surface area contributed by atoms with Gasteiger partial charge in [-0.1, -0.05) is 22.9 Å². The monoisotopic (exact) mass is 468 g/mol. The zero-order valence-corrected chi connectivity index (χ0v) is 17.1. The van der Waals surface area contributed by atoms with Crippen LogP contribution in [0.2, 0.25) is 0 Å². The first-order chi connectivity index (χ1) is 12.5. The van der Waals surface area contributed by atoms with Gasteiger partial charge in [0.1, 0.15) is 0 Å². The minimum atomic E-state index is -0.273. The van der Waals surface area contributed by atoms with Gasteiger partial charge in [-0.25, -0.2) is 0 Å². The van der Waals surface area contributed by atoms with Gasteiger partial charge in [0.15, 0.2) is 18.1 Å². The highest BCUT2D eigenvalue weighted by molar-refractivity contribution is 14.1. The highest BCUT2D eigenvalue weighted by Crippen LogP contribution is 2.33. The van der Waals surface area contributed by atoms with E-state index in [0.717, 1.165) is 20.4 Å². The third kappa shape index (κ3) is 5.91. The molecular formula is C19H21IN2O4. The molecule has 7 heteroatoms. The van der Waals surface area contributed by atoms with E-state index in [-0.39, 0.29) is 12.5 Å². The van der Waals surface area contributed by atoms with Crippen LogP contribution in [0.25, 0.3) is 0 Å². The SMILES string of the molecule is CCOc1c(I)cc(C=NOCC(=O)Nc2ccc(C)cc2)cc1OC. The molecule has 0 aliphatic heterocycles. The Morgan fingerprint density at radius 2 is 2.00 bits per heavy atom. The molecule has 0 saturated heterocycles. The molecule has 0 saturated carbocycles. The molecule has 1 amide bonds. The lowest BCUT2D eigenvalue weighted by Crippen LogP contribution is -2.16. The number of rotatable bonds is 8. The van der Waals surface area contributed by atoms with Gasteiger partial charge < -0.3 is 19.6 Å². The summed E-state index contributed by atoms with van der Waals surface area (Å²) in [5, 5.41) is 6.59. The van der Waals surface area contributed by atoms with E-state index in [0.29, 0.717) is 18.1 Å². The molecule has 1 N–H and O–H groups in total. The number of amides is 1. The normalized spacial score (nSPS) is 10.6. The predicted octanol–water partition coefficient (Wildman–Crippen LogP) is 4.00. The molecule has 0 aliphatic rings. The number of nitrogens with one attached hydrogen (secondary N) is 1. The van der Waals surface area contributed by atoms with Crippen molar-refractivity contribution in [3.05, 3.63) is 51.1 Å². The van der Waals surface area contributed by atoms with Gasteiger partial charge in [0.25, 0.3) is 5.91 Å². The third-order valence-electron chi connectivity index (χ3n) is 3.35. The van der Waals surface area contributed by atoms with Crippen LogP contribution in [0.5, 0.6) is 11.5 Å². The molecule has 2 aromatic carbocycles. The summed E-state index contributed by atoms with van der Waals surface area (Å²) in [6.45, 7) is 4.29. The van der Waals surface area contributed by atoms with Crippen molar-refractivity contribution >= 4 is 40.4 Å². The summed E-state index contributed by atoms with van der Waals surface area (Å²) in [6.07, 6.45) is 1.53. The summed E-state index contributed by atoms with van der Waals surface area (Å²) in [5.41, 5.74) is 2.64. The molecule has 0 atom stereocenters. The quantitative estimate of drug-likeness (QED) is 0.362. The molecule has 0 fully saturated rings. The second kappa shape index (κ2) is 10.0. The van der Waals surface area contributed by atoms with Gasteiger partial charge in [0.05, 0.1) is 23.5 Å². The molecule has 2 aromatic rings. The van der Waals surface area contributed by atoms with Crippen molar-refractivity contribution < 1.29 is 19.1 Å². The van der Waals surface area contributed by atoms with Crippen LogP contribution in [0.1, 0.15) is 18.1 Å². The standard InChI is InChI=1S/C19H21IN2O4/c1-4-25-19-16(20)9-14(10-17(19)24-3)11-21-26-12-18(23)22-15-7-5-13(2)6-8-15/h5-11H,4,12H2,1-3H3,(H,22,23). The van der Waals surface area contributed by atoms with Gasteiger partial charge in [-0.15, -0.1) is 0 Å². The minimum Gasteiger partial charge on any atom is -0.493 e. The van der Waals surface area contributed by atoms with E-state index in [1.807, 2.05) is 44.2 Å². The summed E-state index contributed by atoms with van der Waals surface area (Å²) < 4.78 is 11.8. The van der Waals surface area contributed by atoms with E-state index in [1.54, 1.807) is 13.2 Å². The van der Waals surface area contributed by atoms with Gasteiger partial charge in [0.2, 0.25) is 0 Å². The van der Waals surface area contributed by atoms with Crippen molar-refractivity contribution in [3.8, 4) is 11.5 Å². The van der Waals surface area contributed by atoms with Gasteiger partial charge in [-0.05, 0) is 60.7 Å². The van der Waals surface area contributed by atoms with Crippen LogP contribution in [-0.2, 0) is 9.63 Å². The van der Waals surface area contributed by atoms with Crippen LogP contribution in [0, 0.1) is 10.5 Å². The second-order valence-electron chi connectivity index (χ2n) is 5.39. The van der Waals surface area contributed by atoms with E-state index in [9.17, 15) is 4.79 Å². The van der Waals surface area contributed by atoms with Crippen molar-refractivity contribution in [3.63, 3.8) is 0 Å². The highest BCUT2D eigenvalue weighted by Gasteiger charge is 2.10. The molecule has 0 bridgehead atoms. The Kier molecular flexibility index (Phi) is 7.71. The van der Waals surface area contributed by atoms with Crippen LogP contribution in [0.3, 0.4) is 0 Å². The van der Waals surface area contributed by atoms with Crippen molar-refractivity contribution in [2.75, 3.05) is 25.6 Å². The zero-order valence-electron chi connectivity index (χ0n) is 14.9. The van der Waals surface area contributed by atoms with Crippen molar-refractivity contribution in [2.45, 2.75) is 13.8 Å². The van der Waals surface area contributed by atoms with E-state index >= 15 is 0 Å². The average Bonchev–Trinajstić information content (AvgIpc) is 2.62. The maximum atomic E-state index is 11.8. The van der Waals surface area contributed by atoms with Crippen LogP contribution in [-0.4, -0.2) is 32.4 Å². The van der Waals surface area contributed by atoms with Gasteiger partial charge >= 0.3 is 0 Å². The Morgan fingerprint density at radius 3 is 2.65 bits per heavy atom. The molecule has 0 unspecified atom stereocenters. The van der Waals surface area contributed by atoms with Crippen molar-refractivity contribution in [1.29, 1.82) is 0 Å². The lowest BCUT2D eigenvalue weighted by molar-refractivity contribution is -0.120.